The summed E-state index contributed by atoms with van der Waals surface area (Å²) in [7, 11) is 3.16. The number of anilines is 1. The lowest BCUT2D eigenvalue weighted by atomic mass is 10.00. The number of aryl methyl sites for hydroxylation is 1. The van der Waals surface area contributed by atoms with Crippen molar-refractivity contribution in [2.24, 2.45) is 0 Å². The number of ether oxygens (including phenoxy) is 2. The summed E-state index contributed by atoms with van der Waals surface area (Å²) in [6.07, 6.45) is 4.06. The summed E-state index contributed by atoms with van der Waals surface area (Å²) in [5.74, 6) is 2.33. The summed E-state index contributed by atoms with van der Waals surface area (Å²) in [6, 6.07) is 15.0. The second kappa shape index (κ2) is 12.9. The van der Waals surface area contributed by atoms with Crippen LogP contribution in [0.4, 0.5) is 5.82 Å². The van der Waals surface area contributed by atoms with Crippen molar-refractivity contribution in [3.05, 3.63) is 77.2 Å². The average molecular weight is 572 g/mol. The van der Waals surface area contributed by atoms with Gasteiger partial charge < -0.3 is 25.0 Å². The zero-order valence-electron chi connectivity index (χ0n) is 24.5. The fourth-order valence-electron chi connectivity index (χ4n) is 5.51. The molecule has 220 valence electrons. The summed E-state index contributed by atoms with van der Waals surface area (Å²) >= 11 is 0. The lowest BCUT2D eigenvalue weighted by molar-refractivity contribution is -0.128. The van der Waals surface area contributed by atoms with Crippen LogP contribution in [-0.2, 0) is 22.4 Å². The molecule has 0 aliphatic carbocycles. The van der Waals surface area contributed by atoms with E-state index >= 15 is 0 Å². The first kappa shape index (κ1) is 28.8. The van der Waals surface area contributed by atoms with Crippen molar-refractivity contribution in [1.29, 1.82) is 0 Å². The van der Waals surface area contributed by atoms with Crippen LogP contribution >= 0.6 is 0 Å². The number of methoxy groups -OCH3 is 2. The fourth-order valence-corrected chi connectivity index (χ4v) is 5.51. The SMILES string of the molecule is COc1cc(CC(NC(C)=O)C(=O)NC2CCN(c3c(Cc4ccccc4)c(C)nc4ncnn34)CC2)cc(OC)c1. The Morgan fingerprint density at radius 2 is 1.71 bits per heavy atom. The van der Waals surface area contributed by atoms with E-state index in [-0.39, 0.29) is 17.9 Å². The molecule has 0 radical (unpaired) electrons. The molecule has 1 saturated heterocycles. The maximum atomic E-state index is 13.4. The van der Waals surface area contributed by atoms with E-state index in [1.807, 2.05) is 41.8 Å². The summed E-state index contributed by atoms with van der Waals surface area (Å²) in [6.45, 7) is 4.88. The molecule has 42 heavy (non-hydrogen) atoms. The van der Waals surface area contributed by atoms with E-state index in [9.17, 15) is 9.59 Å². The average Bonchev–Trinajstić information content (AvgIpc) is 3.45. The Hall–Kier alpha value is -4.67. The normalized spacial score (nSPS) is 14.4. The molecule has 5 rings (SSSR count). The molecule has 2 aromatic carbocycles. The van der Waals surface area contributed by atoms with Gasteiger partial charge in [-0.2, -0.15) is 14.6 Å². The fraction of sp³-hybridized carbons (Fsp3) is 0.387. The number of hydrogen-bond donors (Lipinski definition) is 2. The molecule has 2 amide bonds. The minimum atomic E-state index is -0.729. The van der Waals surface area contributed by atoms with Crippen molar-refractivity contribution in [3.8, 4) is 11.5 Å². The monoisotopic (exact) mass is 571 g/mol. The Labute approximate surface area is 245 Å². The number of rotatable bonds is 10. The second-order valence-corrected chi connectivity index (χ2v) is 10.6. The summed E-state index contributed by atoms with van der Waals surface area (Å²) < 4.78 is 12.6. The second-order valence-electron chi connectivity index (χ2n) is 10.6. The van der Waals surface area contributed by atoms with Crippen LogP contribution in [-0.4, -0.2) is 70.8 Å². The van der Waals surface area contributed by atoms with Crippen LogP contribution in [0.5, 0.6) is 11.5 Å². The molecular formula is C31H37N7O4. The predicted octanol–water partition coefficient (Wildman–Crippen LogP) is 2.87. The molecule has 0 saturated carbocycles. The van der Waals surface area contributed by atoms with Gasteiger partial charge in [0.15, 0.2) is 0 Å². The van der Waals surface area contributed by atoms with Crippen LogP contribution in [0.3, 0.4) is 0 Å². The van der Waals surface area contributed by atoms with Crippen LogP contribution in [0.25, 0.3) is 5.78 Å². The van der Waals surface area contributed by atoms with E-state index in [4.69, 9.17) is 14.5 Å². The van der Waals surface area contributed by atoms with Crippen LogP contribution in [0.2, 0.25) is 0 Å². The molecule has 2 N–H and O–H groups in total. The maximum Gasteiger partial charge on any atom is 0.254 e. The van der Waals surface area contributed by atoms with Gasteiger partial charge in [0, 0.05) is 56.2 Å². The molecule has 1 atom stereocenters. The maximum absolute atomic E-state index is 13.4. The van der Waals surface area contributed by atoms with Crippen LogP contribution in [0.1, 0.15) is 42.1 Å². The van der Waals surface area contributed by atoms with E-state index < -0.39 is 6.04 Å². The highest BCUT2D eigenvalue weighted by atomic mass is 16.5. The molecule has 0 bridgehead atoms. The quantitative estimate of drug-likeness (QED) is 0.298. The van der Waals surface area contributed by atoms with Gasteiger partial charge in [0.05, 0.1) is 14.2 Å². The molecule has 4 aromatic rings. The first-order chi connectivity index (χ1) is 20.3. The zero-order valence-corrected chi connectivity index (χ0v) is 24.5. The summed E-state index contributed by atoms with van der Waals surface area (Å²) in [5.41, 5.74) is 4.06. The van der Waals surface area contributed by atoms with Gasteiger partial charge in [0.25, 0.3) is 5.78 Å². The van der Waals surface area contributed by atoms with Crippen molar-refractivity contribution in [2.75, 3.05) is 32.2 Å². The van der Waals surface area contributed by atoms with Gasteiger partial charge in [-0.1, -0.05) is 30.3 Å². The van der Waals surface area contributed by atoms with Gasteiger partial charge in [-0.05, 0) is 43.0 Å². The molecule has 1 aliphatic heterocycles. The van der Waals surface area contributed by atoms with E-state index in [2.05, 4.69) is 37.7 Å². The number of carbonyl (C=O) groups is 2. The van der Waals surface area contributed by atoms with Crippen molar-refractivity contribution < 1.29 is 19.1 Å². The lowest BCUT2D eigenvalue weighted by Crippen LogP contribution is -2.52. The number of hydrogen-bond acceptors (Lipinski definition) is 8. The third-order valence-corrected chi connectivity index (χ3v) is 7.61. The third-order valence-electron chi connectivity index (χ3n) is 7.61. The van der Waals surface area contributed by atoms with E-state index in [0.29, 0.717) is 23.7 Å². The lowest BCUT2D eigenvalue weighted by Gasteiger charge is -2.35. The largest absolute Gasteiger partial charge is 0.497 e. The highest BCUT2D eigenvalue weighted by Crippen LogP contribution is 2.29. The van der Waals surface area contributed by atoms with Crippen LogP contribution in [0, 0.1) is 6.92 Å². The zero-order chi connectivity index (χ0) is 29.6. The Morgan fingerprint density at radius 3 is 2.36 bits per heavy atom. The van der Waals surface area contributed by atoms with E-state index in [0.717, 1.165) is 55.0 Å². The Bertz CT molecular complexity index is 1530. The first-order valence-corrected chi connectivity index (χ1v) is 14.1. The number of nitrogens with zero attached hydrogens (tertiary/aromatic N) is 5. The molecule has 0 spiro atoms. The number of fused-ring (bicyclic) bond motifs is 1. The molecule has 11 nitrogen and oxygen atoms in total. The van der Waals surface area contributed by atoms with Crippen molar-refractivity contribution in [1.82, 2.24) is 30.2 Å². The van der Waals surface area contributed by atoms with Gasteiger partial charge in [-0.25, -0.2) is 4.98 Å². The highest BCUT2D eigenvalue weighted by molar-refractivity contribution is 5.87. The molecule has 1 unspecified atom stereocenters. The van der Waals surface area contributed by atoms with Gasteiger partial charge in [-0.15, -0.1) is 0 Å². The minimum Gasteiger partial charge on any atom is -0.497 e. The van der Waals surface area contributed by atoms with Gasteiger partial charge in [0.2, 0.25) is 11.8 Å². The summed E-state index contributed by atoms with van der Waals surface area (Å²) in [4.78, 5) is 36.8. The number of carbonyl (C=O) groups excluding carboxylic acids is 2. The summed E-state index contributed by atoms with van der Waals surface area (Å²) in [5, 5.41) is 10.5. The number of aromatic nitrogens is 4. The molecule has 2 aromatic heterocycles. The standard InChI is InChI=1S/C31H37N7O4/c1-20-27(16-22-8-6-5-7-9-22)30(38-31(34-20)32-19-33-38)37-12-10-24(11-13-37)36-29(40)28(35-21(2)39)17-23-14-25(41-3)18-26(15-23)42-4/h5-9,14-15,18-19,24,28H,10-13,16-17H2,1-4H3,(H,35,39)(H,36,40). The van der Waals surface area contributed by atoms with Crippen molar-refractivity contribution in [2.45, 2.75) is 51.6 Å². The molecule has 1 aliphatic rings. The number of amides is 2. The Kier molecular flexibility index (Phi) is 8.85. The highest BCUT2D eigenvalue weighted by Gasteiger charge is 2.28. The van der Waals surface area contributed by atoms with E-state index in [1.165, 1.54) is 18.8 Å². The smallest absolute Gasteiger partial charge is 0.254 e. The molecule has 3 heterocycles. The van der Waals surface area contributed by atoms with E-state index in [1.54, 1.807) is 20.3 Å². The Balaban J connectivity index is 1.30. The van der Waals surface area contributed by atoms with Crippen molar-refractivity contribution >= 4 is 23.4 Å². The van der Waals surface area contributed by atoms with Crippen molar-refractivity contribution in [3.63, 3.8) is 0 Å². The molecule has 11 heteroatoms. The minimum absolute atomic E-state index is 0.0309. The number of benzene rings is 2. The number of nitrogens with one attached hydrogen (secondary N) is 2. The number of piperidine rings is 1. The first-order valence-electron chi connectivity index (χ1n) is 14.1. The van der Waals surface area contributed by atoms with Gasteiger partial charge in [0.1, 0.15) is 29.7 Å². The van der Waals surface area contributed by atoms with Crippen LogP contribution < -0.4 is 25.0 Å². The van der Waals surface area contributed by atoms with Gasteiger partial charge in [-0.3, -0.25) is 9.59 Å². The van der Waals surface area contributed by atoms with Gasteiger partial charge >= 0.3 is 0 Å². The van der Waals surface area contributed by atoms with Crippen LogP contribution in [0.15, 0.2) is 54.9 Å². The topological polar surface area (TPSA) is 123 Å². The predicted molar refractivity (Wildman–Crippen MR) is 159 cm³/mol. The Morgan fingerprint density at radius 1 is 1.02 bits per heavy atom. The molecular weight excluding hydrogens is 534 g/mol. The third kappa shape index (κ3) is 6.62. The molecule has 1 fully saturated rings.